The number of rotatable bonds is 9. The molecule has 0 aromatic carbocycles. The quantitative estimate of drug-likeness (QED) is 0.500. The highest BCUT2D eigenvalue weighted by Gasteiger charge is 2.21. The van der Waals surface area contributed by atoms with E-state index in [1.54, 1.807) is 0 Å². The molecule has 2 N–H and O–H groups in total. The number of aliphatic hydroxyl groups is 1. The Bertz CT molecular complexity index is 300. The monoisotopic (exact) mass is 304 g/mol. The molecule has 0 aromatic heterocycles. The lowest BCUT2D eigenvalue weighted by molar-refractivity contribution is -0.145. The SMILES string of the molecule is O=C(O)CCSCCC(=O)OCC1CCC(CO)CC1. The van der Waals surface area contributed by atoms with E-state index >= 15 is 0 Å². The van der Waals surface area contributed by atoms with Crippen molar-refractivity contribution in [1.29, 1.82) is 0 Å². The second-order valence-electron chi connectivity index (χ2n) is 5.26. The number of ether oxygens (including phenoxy) is 1. The Morgan fingerprint density at radius 2 is 1.65 bits per heavy atom. The van der Waals surface area contributed by atoms with Crippen molar-refractivity contribution >= 4 is 23.7 Å². The smallest absolute Gasteiger partial charge is 0.306 e. The number of thioether (sulfide) groups is 1. The minimum Gasteiger partial charge on any atom is -0.481 e. The summed E-state index contributed by atoms with van der Waals surface area (Å²) in [4.78, 5) is 21.8. The molecule has 0 saturated heterocycles. The topological polar surface area (TPSA) is 83.8 Å². The second-order valence-corrected chi connectivity index (χ2v) is 6.48. The van der Waals surface area contributed by atoms with Crippen LogP contribution in [0.25, 0.3) is 0 Å². The third kappa shape index (κ3) is 7.75. The Kier molecular flexibility index (Phi) is 8.69. The summed E-state index contributed by atoms with van der Waals surface area (Å²) < 4.78 is 5.25. The molecule has 1 saturated carbocycles. The molecule has 0 spiro atoms. The molecule has 0 unspecified atom stereocenters. The summed E-state index contributed by atoms with van der Waals surface area (Å²) in [5, 5.41) is 17.5. The first-order chi connectivity index (χ1) is 9.61. The van der Waals surface area contributed by atoms with Gasteiger partial charge in [0.15, 0.2) is 0 Å². The molecule has 0 aliphatic heterocycles. The van der Waals surface area contributed by atoms with Crippen molar-refractivity contribution in [3.05, 3.63) is 0 Å². The van der Waals surface area contributed by atoms with Gasteiger partial charge in [-0.1, -0.05) is 0 Å². The van der Waals surface area contributed by atoms with E-state index in [4.69, 9.17) is 14.9 Å². The molecule has 1 fully saturated rings. The Hall–Kier alpha value is -0.750. The van der Waals surface area contributed by atoms with E-state index in [2.05, 4.69) is 0 Å². The average molecular weight is 304 g/mol. The molecule has 1 rings (SSSR count). The highest BCUT2D eigenvalue weighted by atomic mass is 32.2. The third-order valence-corrected chi connectivity index (χ3v) is 4.60. The number of aliphatic hydroxyl groups excluding tert-OH is 1. The van der Waals surface area contributed by atoms with Crippen LogP contribution in [0.15, 0.2) is 0 Å². The normalized spacial score (nSPS) is 22.4. The average Bonchev–Trinajstić information content (AvgIpc) is 2.45. The van der Waals surface area contributed by atoms with Gasteiger partial charge in [-0.2, -0.15) is 11.8 Å². The van der Waals surface area contributed by atoms with Crippen LogP contribution >= 0.6 is 11.8 Å². The number of carboxylic acids is 1. The molecule has 0 amide bonds. The molecule has 0 heterocycles. The highest BCUT2D eigenvalue weighted by molar-refractivity contribution is 7.99. The largest absolute Gasteiger partial charge is 0.481 e. The first-order valence-corrected chi connectivity index (χ1v) is 8.33. The van der Waals surface area contributed by atoms with Gasteiger partial charge in [0.1, 0.15) is 0 Å². The minimum atomic E-state index is -0.807. The van der Waals surface area contributed by atoms with Gasteiger partial charge in [0.2, 0.25) is 0 Å². The van der Waals surface area contributed by atoms with Crippen molar-refractivity contribution in [2.45, 2.75) is 38.5 Å². The Morgan fingerprint density at radius 3 is 2.25 bits per heavy atom. The van der Waals surface area contributed by atoms with Crippen LogP contribution in [0.2, 0.25) is 0 Å². The Morgan fingerprint density at radius 1 is 1.05 bits per heavy atom. The summed E-state index contributed by atoms with van der Waals surface area (Å²) in [6, 6.07) is 0. The fourth-order valence-corrected chi connectivity index (χ4v) is 3.11. The van der Waals surface area contributed by atoms with E-state index in [1.165, 1.54) is 11.8 Å². The maximum atomic E-state index is 11.5. The number of carboxylic acid groups (broad SMARTS) is 1. The first kappa shape index (κ1) is 17.3. The predicted molar refractivity (Wildman–Crippen MR) is 77.7 cm³/mol. The van der Waals surface area contributed by atoms with Crippen molar-refractivity contribution < 1.29 is 24.5 Å². The van der Waals surface area contributed by atoms with Gasteiger partial charge in [0.25, 0.3) is 0 Å². The zero-order valence-electron chi connectivity index (χ0n) is 11.8. The van der Waals surface area contributed by atoms with Gasteiger partial charge < -0.3 is 14.9 Å². The molecular weight excluding hydrogens is 280 g/mol. The second kappa shape index (κ2) is 10.0. The molecule has 5 nitrogen and oxygen atoms in total. The lowest BCUT2D eigenvalue weighted by Crippen LogP contribution is -2.22. The van der Waals surface area contributed by atoms with Gasteiger partial charge in [-0.25, -0.2) is 0 Å². The molecule has 1 aliphatic rings. The van der Waals surface area contributed by atoms with Crippen molar-refractivity contribution in [1.82, 2.24) is 0 Å². The lowest BCUT2D eigenvalue weighted by atomic mass is 9.83. The van der Waals surface area contributed by atoms with Crippen LogP contribution in [0.5, 0.6) is 0 Å². The van der Waals surface area contributed by atoms with Crippen LogP contribution in [0.3, 0.4) is 0 Å². The zero-order valence-corrected chi connectivity index (χ0v) is 12.6. The van der Waals surface area contributed by atoms with Crippen LogP contribution in [0, 0.1) is 11.8 Å². The third-order valence-electron chi connectivity index (χ3n) is 3.62. The lowest BCUT2D eigenvalue weighted by Gasteiger charge is -2.26. The van der Waals surface area contributed by atoms with Crippen molar-refractivity contribution in [3.63, 3.8) is 0 Å². The van der Waals surface area contributed by atoms with Crippen molar-refractivity contribution in [2.75, 3.05) is 24.7 Å². The van der Waals surface area contributed by atoms with E-state index in [0.29, 0.717) is 36.4 Å². The summed E-state index contributed by atoms with van der Waals surface area (Å²) in [5.74, 6) is 1.00. The fraction of sp³-hybridized carbons (Fsp3) is 0.857. The summed E-state index contributed by atoms with van der Waals surface area (Å²) in [5.41, 5.74) is 0. The molecule has 20 heavy (non-hydrogen) atoms. The molecular formula is C14H24O5S. The van der Waals surface area contributed by atoms with Gasteiger partial charge in [0.05, 0.1) is 19.4 Å². The summed E-state index contributed by atoms with van der Waals surface area (Å²) in [6.45, 7) is 0.747. The number of carbonyl (C=O) groups is 2. The Balaban J connectivity index is 1.99. The molecule has 0 atom stereocenters. The molecule has 0 aromatic rings. The van der Waals surface area contributed by atoms with Gasteiger partial charge in [-0.05, 0) is 37.5 Å². The number of hydrogen-bond acceptors (Lipinski definition) is 5. The zero-order chi connectivity index (χ0) is 14.8. The van der Waals surface area contributed by atoms with Gasteiger partial charge >= 0.3 is 11.9 Å². The number of carbonyl (C=O) groups excluding carboxylic acids is 1. The van der Waals surface area contributed by atoms with Crippen LogP contribution in [-0.4, -0.2) is 46.9 Å². The van der Waals surface area contributed by atoms with Gasteiger partial charge in [-0.15, -0.1) is 0 Å². The van der Waals surface area contributed by atoms with Crippen molar-refractivity contribution in [3.8, 4) is 0 Å². The molecule has 0 bridgehead atoms. The molecule has 0 radical (unpaired) electrons. The van der Waals surface area contributed by atoms with Gasteiger partial charge in [-0.3, -0.25) is 9.59 Å². The van der Waals surface area contributed by atoms with E-state index in [1.807, 2.05) is 0 Å². The molecule has 1 aliphatic carbocycles. The number of esters is 1. The number of aliphatic carboxylic acids is 1. The predicted octanol–water partition coefficient (Wildman–Crippen LogP) is 1.93. The van der Waals surface area contributed by atoms with E-state index < -0.39 is 5.97 Å². The van der Waals surface area contributed by atoms with Crippen LogP contribution in [-0.2, 0) is 14.3 Å². The van der Waals surface area contributed by atoms with E-state index in [-0.39, 0.29) is 19.0 Å². The highest BCUT2D eigenvalue weighted by Crippen LogP contribution is 2.28. The fourth-order valence-electron chi connectivity index (χ4n) is 2.28. The minimum absolute atomic E-state index is 0.133. The number of hydrogen-bond donors (Lipinski definition) is 2. The maximum absolute atomic E-state index is 11.5. The van der Waals surface area contributed by atoms with Crippen LogP contribution < -0.4 is 0 Å². The Labute approximate surface area is 124 Å². The van der Waals surface area contributed by atoms with Crippen LogP contribution in [0.4, 0.5) is 0 Å². The van der Waals surface area contributed by atoms with Crippen LogP contribution in [0.1, 0.15) is 38.5 Å². The molecule has 6 heteroatoms. The summed E-state index contributed by atoms with van der Waals surface area (Å²) in [6.07, 6.45) is 4.55. The van der Waals surface area contributed by atoms with E-state index in [9.17, 15) is 9.59 Å². The van der Waals surface area contributed by atoms with Gasteiger partial charge in [0, 0.05) is 18.1 Å². The first-order valence-electron chi connectivity index (χ1n) is 7.17. The van der Waals surface area contributed by atoms with Crippen molar-refractivity contribution in [2.24, 2.45) is 11.8 Å². The van der Waals surface area contributed by atoms with E-state index in [0.717, 1.165) is 25.7 Å². The summed E-state index contributed by atoms with van der Waals surface area (Å²) >= 11 is 1.47. The standard InChI is InChI=1S/C14H24O5S/c15-9-11-1-3-12(4-2-11)10-19-14(18)6-8-20-7-5-13(16)17/h11-12,15H,1-10H2,(H,16,17). The summed E-state index contributed by atoms with van der Waals surface area (Å²) in [7, 11) is 0. The molecule has 116 valence electrons. The maximum Gasteiger partial charge on any atom is 0.306 e.